The summed E-state index contributed by atoms with van der Waals surface area (Å²) in [5.41, 5.74) is 1.70. The summed E-state index contributed by atoms with van der Waals surface area (Å²) in [6.07, 6.45) is 0. The van der Waals surface area contributed by atoms with Crippen molar-refractivity contribution in [3.05, 3.63) is 63.6 Å². The Morgan fingerprint density at radius 3 is 2.46 bits per heavy atom. The average molecular weight is 423 g/mol. The summed E-state index contributed by atoms with van der Waals surface area (Å²) in [5.74, 6) is 1.18. The second-order valence-corrected chi connectivity index (χ2v) is 6.93. The van der Waals surface area contributed by atoms with Gasteiger partial charge in [-0.2, -0.15) is 0 Å². The molecule has 0 heterocycles. The number of nitrogens with one attached hydrogen (secondary N) is 2. The summed E-state index contributed by atoms with van der Waals surface area (Å²) < 4.78 is 5.63. The molecule has 0 aliphatic carbocycles. The summed E-state index contributed by atoms with van der Waals surface area (Å²) in [4.78, 5) is 17.6. The minimum atomic E-state index is -0.0169. The normalized spacial score (nSPS) is 11.1. The number of rotatable bonds is 7. The lowest BCUT2D eigenvalue weighted by molar-refractivity contribution is 0.0827. The Morgan fingerprint density at radius 2 is 1.82 bits per heavy atom. The fourth-order valence-electron chi connectivity index (χ4n) is 2.36. The molecule has 1 amide bonds. The van der Waals surface area contributed by atoms with Crippen LogP contribution in [0, 0.1) is 0 Å². The number of hydrogen-bond donors (Lipinski definition) is 2. The molecule has 0 unspecified atom stereocenters. The molecule has 2 rings (SSSR count). The van der Waals surface area contributed by atoms with Gasteiger partial charge in [0.05, 0.1) is 11.6 Å². The number of halogens is 2. The van der Waals surface area contributed by atoms with Crippen LogP contribution >= 0.6 is 23.2 Å². The maximum absolute atomic E-state index is 11.9. The van der Waals surface area contributed by atoms with Crippen molar-refractivity contribution in [2.24, 2.45) is 4.99 Å². The smallest absolute Gasteiger partial charge is 0.253 e. The predicted octanol–water partition coefficient (Wildman–Crippen LogP) is 3.44. The molecule has 2 N–H and O–H groups in total. The first kappa shape index (κ1) is 21.9. The molecule has 0 bridgehead atoms. The van der Waals surface area contributed by atoms with E-state index in [1.54, 1.807) is 44.2 Å². The van der Waals surface area contributed by atoms with Crippen LogP contribution in [0.15, 0.2) is 47.5 Å². The van der Waals surface area contributed by atoms with E-state index in [9.17, 15) is 4.79 Å². The molecule has 0 fully saturated rings. The van der Waals surface area contributed by atoms with Gasteiger partial charge in [0.25, 0.3) is 5.91 Å². The SMILES string of the molecule is CN=C(NCCOc1cccc(Cl)c1Cl)NCc1ccc(C(=O)N(C)C)cc1. The lowest BCUT2D eigenvalue weighted by Gasteiger charge is -2.14. The van der Waals surface area contributed by atoms with Crippen LogP contribution in [0.3, 0.4) is 0 Å². The van der Waals surface area contributed by atoms with Crippen molar-refractivity contribution in [3.63, 3.8) is 0 Å². The van der Waals surface area contributed by atoms with Gasteiger partial charge >= 0.3 is 0 Å². The molecule has 0 aliphatic rings. The van der Waals surface area contributed by atoms with E-state index in [2.05, 4.69) is 15.6 Å². The molecule has 8 heteroatoms. The Kier molecular flexibility index (Phi) is 8.42. The minimum absolute atomic E-state index is 0.0169. The Balaban J connectivity index is 1.77. The third-order valence-corrected chi connectivity index (χ3v) is 4.66. The van der Waals surface area contributed by atoms with Crippen LogP contribution < -0.4 is 15.4 Å². The quantitative estimate of drug-likeness (QED) is 0.407. The zero-order valence-corrected chi connectivity index (χ0v) is 17.6. The second-order valence-electron chi connectivity index (χ2n) is 6.15. The summed E-state index contributed by atoms with van der Waals surface area (Å²) in [7, 11) is 5.16. The Bertz CT molecular complexity index is 823. The number of benzene rings is 2. The fraction of sp³-hybridized carbons (Fsp3) is 0.300. The second kappa shape index (κ2) is 10.8. The van der Waals surface area contributed by atoms with E-state index in [-0.39, 0.29) is 5.91 Å². The highest BCUT2D eigenvalue weighted by Crippen LogP contribution is 2.31. The van der Waals surface area contributed by atoms with E-state index >= 15 is 0 Å². The number of ether oxygens (including phenoxy) is 1. The maximum atomic E-state index is 11.9. The highest BCUT2D eigenvalue weighted by atomic mass is 35.5. The van der Waals surface area contributed by atoms with Gasteiger partial charge in [-0.3, -0.25) is 9.79 Å². The van der Waals surface area contributed by atoms with Crippen molar-refractivity contribution < 1.29 is 9.53 Å². The summed E-state index contributed by atoms with van der Waals surface area (Å²) in [6, 6.07) is 12.7. The van der Waals surface area contributed by atoms with Gasteiger partial charge in [0.1, 0.15) is 17.4 Å². The Labute approximate surface area is 175 Å². The first-order valence-corrected chi connectivity index (χ1v) is 9.50. The molecule has 150 valence electrons. The van der Waals surface area contributed by atoms with Crippen molar-refractivity contribution in [1.82, 2.24) is 15.5 Å². The summed E-state index contributed by atoms with van der Waals surface area (Å²) in [6.45, 7) is 1.53. The van der Waals surface area contributed by atoms with Gasteiger partial charge in [0, 0.05) is 33.3 Å². The number of carbonyl (C=O) groups is 1. The zero-order chi connectivity index (χ0) is 20.5. The minimum Gasteiger partial charge on any atom is -0.490 e. The number of hydrogen-bond acceptors (Lipinski definition) is 3. The third kappa shape index (κ3) is 6.32. The zero-order valence-electron chi connectivity index (χ0n) is 16.1. The summed E-state index contributed by atoms with van der Waals surface area (Å²) >= 11 is 12.1. The number of carbonyl (C=O) groups excluding carboxylic acids is 1. The molecule has 0 atom stereocenters. The van der Waals surface area contributed by atoms with E-state index < -0.39 is 0 Å². The van der Waals surface area contributed by atoms with E-state index in [1.807, 2.05) is 24.3 Å². The topological polar surface area (TPSA) is 66.0 Å². The van der Waals surface area contributed by atoms with Gasteiger partial charge in [-0.15, -0.1) is 0 Å². The monoisotopic (exact) mass is 422 g/mol. The number of amides is 1. The molecular formula is C20H24Cl2N4O2. The molecule has 0 aliphatic heterocycles. The van der Waals surface area contributed by atoms with Gasteiger partial charge in [-0.05, 0) is 29.8 Å². The van der Waals surface area contributed by atoms with Crippen LogP contribution in [0.5, 0.6) is 5.75 Å². The van der Waals surface area contributed by atoms with E-state index in [0.29, 0.717) is 47.0 Å². The molecule has 2 aromatic rings. The average Bonchev–Trinajstić information content (AvgIpc) is 2.70. The third-order valence-electron chi connectivity index (χ3n) is 3.86. The van der Waals surface area contributed by atoms with E-state index in [0.717, 1.165) is 5.56 Å². The highest BCUT2D eigenvalue weighted by molar-refractivity contribution is 6.42. The molecule has 0 aromatic heterocycles. The van der Waals surface area contributed by atoms with Gasteiger partial charge in [0.2, 0.25) is 0 Å². The molecule has 28 heavy (non-hydrogen) atoms. The standard InChI is InChI=1S/C20H24Cl2N4O2/c1-23-20(24-11-12-28-17-6-4-5-16(21)18(17)22)25-13-14-7-9-15(10-8-14)19(27)26(2)3/h4-10H,11-13H2,1-3H3,(H2,23,24,25). The van der Waals surface area contributed by atoms with Crippen LogP contribution in [0.2, 0.25) is 10.0 Å². The fourth-order valence-corrected chi connectivity index (χ4v) is 2.70. The van der Waals surface area contributed by atoms with Crippen molar-refractivity contribution in [2.75, 3.05) is 34.3 Å². The van der Waals surface area contributed by atoms with Gasteiger partial charge in [-0.1, -0.05) is 41.4 Å². The highest BCUT2D eigenvalue weighted by Gasteiger charge is 2.08. The maximum Gasteiger partial charge on any atom is 0.253 e. The van der Waals surface area contributed by atoms with Crippen molar-refractivity contribution in [1.29, 1.82) is 0 Å². The lowest BCUT2D eigenvalue weighted by atomic mass is 10.1. The first-order valence-electron chi connectivity index (χ1n) is 8.74. The van der Waals surface area contributed by atoms with Gasteiger partial charge in [0.15, 0.2) is 5.96 Å². The van der Waals surface area contributed by atoms with Crippen molar-refractivity contribution >= 4 is 35.1 Å². The Hall–Kier alpha value is -2.44. The Morgan fingerprint density at radius 1 is 1.11 bits per heavy atom. The van der Waals surface area contributed by atoms with Crippen LogP contribution in [-0.2, 0) is 6.54 Å². The van der Waals surface area contributed by atoms with Crippen LogP contribution in [0.1, 0.15) is 15.9 Å². The predicted molar refractivity (Wildman–Crippen MR) is 115 cm³/mol. The van der Waals surface area contributed by atoms with Crippen molar-refractivity contribution in [2.45, 2.75) is 6.54 Å². The van der Waals surface area contributed by atoms with E-state index in [4.69, 9.17) is 27.9 Å². The molecule has 6 nitrogen and oxygen atoms in total. The molecule has 0 radical (unpaired) electrons. The van der Waals surface area contributed by atoms with Gasteiger partial charge < -0.3 is 20.3 Å². The van der Waals surface area contributed by atoms with Crippen molar-refractivity contribution in [3.8, 4) is 5.75 Å². The first-order chi connectivity index (χ1) is 13.4. The van der Waals surface area contributed by atoms with Crippen LogP contribution in [-0.4, -0.2) is 51.1 Å². The number of nitrogens with zero attached hydrogens (tertiary/aromatic N) is 2. The summed E-state index contributed by atoms with van der Waals surface area (Å²) in [5, 5.41) is 7.25. The molecule has 0 spiro atoms. The van der Waals surface area contributed by atoms with Crippen LogP contribution in [0.4, 0.5) is 0 Å². The van der Waals surface area contributed by atoms with Gasteiger partial charge in [-0.25, -0.2) is 0 Å². The molecule has 0 saturated carbocycles. The molecular weight excluding hydrogens is 399 g/mol. The lowest BCUT2D eigenvalue weighted by Crippen LogP contribution is -2.38. The van der Waals surface area contributed by atoms with Crippen LogP contribution in [0.25, 0.3) is 0 Å². The molecule has 2 aromatic carbocycles. The van der Waals surface area contributed by atoms with E-state index in [1.165, 1.54) is 0 Å². The largest absolute Gasteiger partial charge is 0.490 e. The number of aliphatic imine (C=N–C) groups is 1. The molecule has 0 saturated heterocycles. The number of guanidine groups is 1.